The Hall–Kier alpha value is -2.93. The molecule has 1 aliphatic heterocycles. The average molecular weight is 535 g/mol. The molecule has 13 heteroatoms. The van der Waals surface area contributed by atoms with E-state index >= 15 is 0 Å². The van der Waals surface area contributed by atoms with Crippen molar-refractivity contribution in [3.63, 3.8) is 0 Å². The smallest absolute Gasteiger partial charge is 0.200 e. The summed E-state index contributed by atoms with van der Waals surface area (Å²) >= 11 is 1.31. The normalized spacial score (nSPS) is 14.9. The monoisotopic (exact) mass is 534 g/mol. The Bertz CT molecular complexity index is 1340. The fourth-order valence-corrected chi connectivity index (χ4v) is 6.63. The fraction of sp³-hybridized carbons (Fsp3) is 0.318. The summed E-state index contributed by atoms with van der Waals surface area (Å²) in [5, 5.41) is 1.06. The number of benzene rings is 2. The average Bonchev–Trinajstić information content (AvgIpc) is 3.36. The molecule has 35 heavy (non-hydrogen) atoms. The van der Waals surface area contributed by atoms with Crippen molar-refractivity contribution in [2.45, 2.75) is 23.0 Å². The number of hydrogen-bond acceptors (Lipinski definition) is 7. The first-order chi connectivity index (χ1) is 16.6. The Kier molecular flexibility index (Phi) is 6.91. The lowest BCUT2D eigenvalue weighted by molar-refractivity contribution is 0.356. The van der Waals surface area contributed by atoms with Crippen molar-refractivity contribution in [2.24, 2.45) is 0 Å². The van der Waals surface area contributed by atoms with Crippen LogP contribution >= 0.6 is 11.3 Å². The Labute approximate surface area is 201 Å². The van der Waals surface area contributed by atoms with E-state index in [-0.39, 0.29) is 25.9 Å². The van der Waals surface area contributed by atoms with Crippen LogP contribution in [0.1, 0.15) is 12.8 Å². The van der Waals surface area contributed by atoms with Gasteiger partial charge in [-0.25, -0.2) is 35.4 Å². The Morgan fingerprint density at radius 3 is 2.11 bits per heavy atom. The van der Waals surface area contributed by atoms with Gasteiger partial charge in [0.05, 0.1) is 25.2 Å². The second kappa shape index (κ2) is 9.61. The molecule has 1 fully saturated rings. The van der Waals surface area contributed by atoms with Crippen molar-refractivity contribution in [3.8, 4) is 22.8 Å². The summed E-state index contributed by atoms with van der Waals surface area (Å²) < 4.78 is 105. The van der Waals surface area contributed by atoms with Gasteiger partial charge in [0.15, 0.2) is 38.2 Å². The number of ether oxygens (including phenoxy) is 2. The highest BCUT2D eigenvalue weighted by molar-refractivity contribution is 7.92. The van der Waals surface area contributed by atoms with Crippen LogP contribution in [-0.4, -0.2) is 46.0 Å². The molecule has 4 rings (SSSR count). The largest absolute Gasteiger partial charge is 0.497 e. The summed E-state index contributed by atoms with van der Waals surface area (Å²) in [6, 6.07) is 5.24. The zero-order valence-electron chi connectivity index (χ0n) is 18.4. The van der Waals surface area contributed by atoms with Crippen LogP contribution in [0.15, 0.2) is 28.5 Å². The van der Waals surface area contributed by atoms with E-state index in [1.165, 1.54) is 25.6 Å². The van der Waals surface area contributed by atoms with E-state index in [0.717, 1.165) is 0 Å². The van der Waals surface area contributed by atoms with Gasteiger partial charge in [0.2, 0.25) is 5.82 Å². The first-order valence-corrected chi connectivity index (χ1v) is 12.7. The zero-order chi connectivity index (χ0) is 25.5. The molecule has 1 aliphatic rings. The molecule has 2 heterocycles. The number of sulfone groups is 1. The van der Waals surface area contributed by atoms with Crippen molar-refractivity contribution >= 4 is 26.3 Å². The van der Waals surface area contributed by atoms with Crippen molar-refractivity contribution in [3.05, 3.63) is 52.7 Å². The summed E-state index contributed by atoms with van der Waals surface area (Å²) in [6.45, 7) is 0.309. The number of anilines is 1. The lowest BCUT2D eigenvalue weighted by atomic mass is 10.1. The Morgan fingerprint density at radius 2 is 1.54 bits per heavy atom. The van der Waals surface area contributed by atoms with Gasteiger partial charge in [-0.15, -0.1) is 11.3 Å². The number of piperidine rings is 1. The molecule has 0 amide bonds. The minimum absolute atomic E-state index is 0.0841. The molecule has 0 bridgehead atoms. The molecule has 0 N–H and O–H groups in total. The van der Waals surface area contributed by atoms with Gasteiger partial charge in [0.25, 0.3) is 0 Å². The quantitative estimate of drug-likeness (QED) is 0.193. The van der Waals surface area contributed by atoms with Crippen LogP contribution in [0.4, 0.5) is 27.1 Å². The second-order valence-corrected chi connectivity index (χ2v) is 10.7. The van der Waals surface area contributed by atoms with Crippen molar-refractivity contribution in [2.75, 3.05) is 32.2 Å². The summed E-state index contributed by atoms with van der Waals surface area (Å²) in [5.41, 5.74) is 1.30. The van der Waals surface area contributed by atoms with Crippen LogP contribution in [0, 0.1) is 29.1 Å². The third kappa shape index (κ3) is 4.42. The van der Waals surface area contributed by atoms with Crippen molar-refractivity contribution in [1.29, 1.82) is 0 Å². The summed E-state index contributed by atoms with van der Waals surface area (Å²) in [4.78, 5) is 4.61. The first kappa shape index (κ1) is 25.2. The number of aromatic nitrogens is 1. The van der Waals surface area contributed by atoms with Crippen LogP contribution in [-0.2, 0) is 9.84 Å². The maximum atomic E-state index is 14.1. The molecular formula is C22H19F5N2O4S2. The molecule has 1 saturated heterocycles. The van der Waals surface area contributed by atoms with E-state index in [9.17, 15) is 30.4 Å². The van der Waals surface area contributed by atoms with E-state index < -0.39 is 49.1 Å². The van der Waals surface area contributed by atoms with Gasteiger partial charge in [0, 0.05) is 24.0 Å². The van der Waals surface area contributed by atoms with E-state index in [1.54, 1.807) is 28.5 Å². The summed E-state index contributed by atoms with van der Waals surface area (Å²) in [6.07, 6.45) is -0.168. The van der Waals surface area contributed by atoms with E-state index in [2.05, 4.69) is 4.98 Å². The van der Waals surface area contributed by atoms with Crippen LogP contribution in [0.25, 0.3) is 11.3 Å². The number of halogens is 5. The number of thiazole rings is 1. The van der Waals surface area contributed by atoms with Gasteiger partial charge in [-0.3, -0.25) is 0 Å². The molecule has 0 spiro atoms. The predicted octanol–water partition coefficient (Wildman–Crippen LogP) is 4.97. The summed E-state index contributed by atoms with van der Waals surface area (Å²) in [5.74, 6) is -10.5. The van der Waals surface area contributed by atoms with Gasteiger partial charge in [-0.05, 0) is 31.0 Å². The first-order valence-electron chi connectivity index (χ1n) is 10.3. The molecule has 2 aromatic carbocycles. The van der Waals surface area contributed by atoms with E-state index in [0.29, 0.717) is 27.9 Å². The highest BCUT2D eigenvalue weighted by Gasteiger charge is 2.39. The molecule has 0 radical (unpaired) electrons. The molecule has 188 valence electrons. The maximum absolute atomic E-state index is 14.1. The lowest BCUT2D eigenvalue weighted by Crippen LogP contribution is -2.40. The predicted molar refractivity (Wildman–Crippen MR) is 119 cm³/mol. The highest BCUT2D eigenvalue weighted by Crippen LogP contribution is 2.38. The third-order valence-electron chi connectivity index (χ3n) is 5.78. The van der Waals surface area contributed by atoms with Gasteiger partial charge in [-0.2, -0.15) is 0 Å². The maximum Gasteiger partial charge on any atom is 0.200 e. The van der Waals surface area contributed by atoms with Crippen molar-refractivity contribution in [1.82, 2.24) is 4.98 Å². The highest BCUT2D eigenvalue weighted by atomic mass is 32.2. The SMILES string of the molecule is COc1ccc(OC)c(-c2csc(N3CCC(S(=O)(=O)c4c(F)c(F)c(F)c(F)c4F)CC3)n2)c1. The number of nitrogens with zero attached hydrogens (tertiary/aromatic N) is 2. The van der Waals surface area contributed by atoms with Crippen molar-refractivity contribution < 1.29 is 39.8 Å². The standard InChI is InChI=1S/C22H19F5N2O4S2/c1-32-11-3-4-15(33-2)13(9-11)14-10-34-22(28-14)29-7-5-12(6-8-29)35(30,31)21-19(26)17(24)16(23)18(25)20(21)27/h3-4,9-10,12H,5-8H2,1-2H3. The Morgan fingerprint density at radius 1 is 0.943 bits per heavy atom. The third-order valence-corrected chi connectivity index (χ3v) is 8.96. The molecule has 6 nitrogen and oxygen atoms in total. The van der Waals surface area contributed by atoms with Crippen LogP contribution in [0.2, 0.25) is 0 Å². The minimum atomic E-state index is -4.82. The van der Waals surface area contributed by atoms with Gasteiger partial charge >= 0.3 is 0 Å². The summed E-state index contributed by atoms with van der Waals surface area (Å²) in [7, 11) is -1.76. The molecule has 0 unspecified atom stereocenters. The number of methoxy groups -OCH3 is 2. The van der Waals surface area contributed by atoms with Gasteiger partial charge in [0.1, 0.15) is 16.4 Å². The van der Waals surface area contributed by atoms with Gasteiger partial charge in [-0.1, -0.05) is 0 Å². The van der Waals surface area contributed by atoms with Crippen LogP contribution in [0.5, 0.6) is 11.5 Å². The zero-order valence-corrected chi connectivity index (χ0v) is 20.1. The number of hydrogen-bond donors (Lipinski definition) is 0. The fourth-order valence-electron chi connectivity index (χ4n) is 3.91. The van der Waals surface area contributed by atoms with Crippen LogP contribution in [0.3, 0.4) is 0 Å². The van der Waals surface area contributed by atoms with Gasteiger partial charge < -0.3 is 14.4 Å². The van der Waals surface area contributed by atoms with Crippen LogP contribution < -0.4 is 14.4 Å². The second-order valence-electron chi connectivity index (χ2n) is 7.71. The molecular weight excluding hydrogens is 515 g/mol. The minimum Gasteiger partial charge on any atom is -0.497 e. The molecule has 0 saturated carbocycles. The molecule has 0 aliphatic carbocycles. The van der Waals surface area contributed by atoms with E-state index in [4.69, 9.17) is 9.47 Å². The number of rotatable bonds is 6. The molecule has 3 aromatic rings. The Balaban J connectivity index is 1.55. The molecule has 1 aromatic heterocycles. The topological polar surface area (TPSA) is 68.7 Å². The van der Waals surface area contributed by atoms with E-state index in [1.807, 2.05) is 0 Å². The lowest BCUT2D eigenvalue weighted by Gasteiger charge is -2.31. The molecule has 0 atom stereocenters.